The Morgan fingerprint density at radius 2 is 1.86 bits per heavy atom. The number of anilines is 1. The molecule has 8 heteroatoms. The van der Waals surface area contributed by atoms with Crippen molar-refractivity contribution >= 4 is 23.3 Å². The first-order valence-electron chi connectivity index (χ1n) is 8.75. The fraction of sp³-hybridized carbons (Fsp3) is 0.300. The SMILES string of the molecule is CC[C@H](C)c1ccc(NC(=O)COC(=O)c2ccc(OC)c([N+](=O)[O-])c2)cc1. The molecule has 0 saturated carbocycles. The number of amides is 1. The number of rotatable bonds is 8. The van der Waals surface area contributed by atoms with E-state index >= 15 is 0 Å². The average Bonchev–Trinajstić information content (AvgIpc) is 2.71. The van der Waals surface area contributed by atoms with Crippen molar-refractivity contribution in [2.24, 2.45) is 0 Å². The van der Waals surface area contributed by atoms with Crippen LogP contribution in [0.5, 0.6) is 5.75 Å². The second-order valence-electron chi connectivity index (χ2n) is 6.20. The molecule has 0 saturated heterocycles. The van der Waals surface area contributed by atoms with Gasteiger partial charge in [-0.05, 0) is 42.2 Å². The Balaban J connectivity index is 1.94. The van der Waals surface area contributed by atoms with Gasteiger partial charge in [-0.15, -0.1) is 0 Å². The van der Waals surface area contributed by atoms with Crippen LogP contribution in [0, 0.1) is 10.1 Å². The highest BCUT2D eigenvalue weighted by atomic mass is 16.6. The van der Waals surface area contributed by atoms with Gasteiger partial charge in [-0.2, -0.15) is 0 Å². The number of methoxy groups -OCH3 is 1. The van der Waals surface area contributed by atoms with Crippen LogP contribution >= 0.6 is 0 Å². The van der Waals surface area contributed by atoms with Crippen LogP contribution in [0.4, 0.5) is 11.4 Å². The van der Waals surface area contributed by atoms with Gasteiger partial charge >= 0.3 is 11.7 Å². The maximum Gasteiger partial charge on any atom is 0.338 e. The zero-order chi connectivity index (χ0) is 20.7. The Bertz CT molecular complexity index is 863. The zero-order valence-corrected chi connectivity index (χ0v) is 15.9. The molecule has 0 radical (unpaired) electrons. The number of nitrogens with one attached hydrogen (secondary N) is 1. The lowest BCUT2D eigenvalue weighted by molar-refractivity contribution is -0.385. The molecule has 1 amide bonds. The van der Waals surface area contributed by atoms with Crippen molar-refractivity contribution in [1.29, 1.82) is 0 Å². The Morgan fingerprint density at radius 3 is 2.43 bits per heavy atom. The predicted molar refractivity (Wildman–Crippen MR) is 104 cm³/mol. The van der Waals surface area contributed by atoms with Crippen molar-refractivity contribution in [2.75, 3.05) is 19.0 Å². The lowest BCUT2D eigenvalue weighted by atomic mass is 9.99. The minimum absolute atomic E-state index is 0.0279. The number of nitrogens with zero attached hydrogens (tertiary/aromatic N) is 1. The minimum atomic E-state index is -0.840. The molecular weight excluding hydrogens is 364 g/mol. The van der Waals surface area contributed by atoms with Crippen LogP contribution in [0.2, 0.25) is 0 Å². The van der Waals surface area contributed by atoms with Crippen LogP contribution in [0.25, 0.3) is 0 Å². The van der Waals surface area contributed by atoms with Crippen LogP contribution in [0.15, 0.2) is 42.5 Å². The molecule has 2 rings (SSSR count). The highest BCUT2D eigenvalue weighted by Crippen LogP contribution is 2.27. The van der Waals surface area contributed by atoms with Gasteiger partial charge in [-0.3, -0.25) is 14.9 Å². The van der Waals surface area contributed by atoms with Gasteiger partial charge in [-0.25, -0.2) is 4.79 Å². The van der Waals surface area contributed by atoms with Gasteiger partial charge in [0.05, 0.1) is 17.6 Å². The van der Waals surface area contributed by atoms with Gasteiger partial charge in [0.25, 0.3) is 5.91 Å². The summed E-state index contributed by atoms with van der Waals surface area (Å²) < 4.78 is 9.81. The smallest absolute Gasteiger partial charge is 0.338 e. The maximum absolute atomic E-state index is 12.1. The van der Waals surface area contributed by atoms with E-state index in [1.807, 2.05) is 12.1 Å². The molecule has 0 bridgehead atoms. The van der Waals surface area contributed by atoms with Crippen molar-refractivity contribution in [1.82, 2.24) is 0 Å². The van der Waals surface area contributed by atoms with Crippen molar-refractivity contribution in [2.45, 2.75) is 26.2 Å². The van der Waals surface area contributed by atoms with Crippen LogP contribution in [0.1, 0.15) is 42.1 Å². The van der Waals surface area contributed by atoms with E-state index in [4.69, 9.17) is 9.47 Å². The molecule has 1 N–H and O–H groups in total. The largest absolute Gasteiger partial charge is 0.490 e. The maximum atomic E-state index is 12.1. The number of hydrogen-bond acceptors (Lipinski definition) is 6. The molecule has 0 spiro atoms. The Labute approximate surface area is 162 Å². The van der Waals surface area contributed by atoms with Crippen molar-refractivity contribution in [3.8, 4) is 5.75 Å². The zero-order valence-electron chi connectivity index (χ0n) is 15.9. The quantitative estimate of drug-likeness (QED) is 0.419. The second-order valence-corrected chi connectivity index (χ2v) is 6.20. The molecule has 148 valence electrons. The number of esters is 1. The van der Waals surface area contributed by atoms with Gasteiger partial charge in [-0.1, -0.05) is 26.0 Å². The van der Waals surface area contributed by atoms with Gasteiger partial charge in [0.15, 0.2) is 12.4 Å². The molecule has 0 fully saturated rings. The van der Waals surface area contributed by atoms with E-state index in [2.05, 4.69) is 19.2 Å². The summed E-state index contributed by atoms with van der Waals surface area (Å²) >= 11 is 0. The first kappa shape index (κ1) is 20.9. The molecular formula is C20H22N2O6. The summed E-state index contributed by atoms with van der Waals surface area (Å²) in [6, 6.07) is 11.1. The lowest BCUT2D eigenvalue weighted by Crippen LogP contribution is -2.21. The number of nitro groups is 1. The van der Waals surface area contributed by atoms with Crippen molar-refractivity contribution < 1.29 is 24.0 Å². The monoisotopic (exact) mass is 386 g/mol. The molecule has 0 unspecified atom stereocenters. The Kier molecular flexibility index (Phi) is 7.08. The second kappa shape index (κ2) is 9.50. The number of carbonyl (C=O) groups excluding carboxylic acids is 2. The molecule has 2 aromatic rings. The first-order chi connectivity index (χ1) is 13.3. The number of ether oxygens (including phenoxy) is 2. The summed E-state index contributed by atoms with van der Waals surface area (Å²) in [7, 11) is 1.29. The minimum Gasteiger partial charge on any atom is -0.490 e. The fourth-order valence-corrected chi connectivity index (χ4v) is 2.50. The first-order valence-corrected chi connectivity index (χ1v) is 8.75. The molecule has 0 heterocycles. The average molecular weight is 386 g/mol. The number of carbonyl (C=O) groups is 2. The summed E-state index contributed by atoms with van der Waals surface area (Å²) in [5.41, 5.74) is 1.36. The van der Waals surface area contributed by atoms with Crippen LogP contribution in [-0.4, -0.2) is 30.5 Å². The van der Waals surface area contributed by atoms with Gasteiger partial charge in [0.1, 0.15) is 0 Å². The Morgan fingerprint density at radius 1 is 1.18 bits per heavy atom. The van der Waals surface area contributed by atoms with Gasteiger partial charge in [0.2, 0.25) is 0 Å². The third-order valence-electron chi connectivity index (χ3n) is 4.32. The molecule has 28 heavy (non-hydrogen) atoms. The molecule has 0 aliphatic rings. The number of nitro benzene ring substituents is 1. The molecule has 2 aromatic carbocycles. The van der Waals surface area contributed by atoms with E-state index in [0.717, 1.165) is 12.5 Å². The highest BCUT2D eigenvalue weighted by molar-refractivity contribution is 5.95. The molecule has 8 nitrogen and oxygen atoms in total. The van der Waals surface area contributed by atoms with Gasteiger partial charge < -0.3 is 14.8 Å². The van der Waals surface area contributed by atoms with E-state index < -0.39 is 23.4 Å². The van der Waals surface area contributed by atoms with Crippen LogP contribution < -0.4 is 10.1 Å². The lowest BCUT2D eigenvalue weighted by Gasteiger charge is -2.11. The number of benzene rings is 2. The van der Waals surface area contributed by atoms with Crippen molar-refractivity contribution in [3.05, 3.63) is 63.7 Å². The number of hydrogen-bond donors (Lipinski definition) is 1. The molecule has 0 aliphatic heterocycles. The predicted octanol–water partition coefficient (Wildman–Crippen LogP) is 3.91. The third-order valence-corrected chi connectivity index (χ3v) is 4.32. The summed E-state index contributed by atoms with van der Waals surface area (Å²) in [5, 5.41) is 13.7. The normalized spacial score (nSPS) is 11.4. The highest BCUT2D eigenvalue weighted by Gasteiger charge is 2.19. The topological polar surface area (TPSA) is 108 Å². The fourth-order valence-electron chi connectivity index (χ4n) is 2.50. The summed E-state index contributed by atoms with van der Waals surface area (Å²) in [6.45, 7) is 3.72. The Hall–Kier alpha value is -3.42. The third kappa shape index (κ3) is 5.29. The van der Waals surface area contributed by atoms with E-state index in [1.54, 1.807) is 12.1 Å². The summed E-state index contributed by atoms with van der Waals surface area (Å²) in [5.74, 6) is -0.889. The van der Waals surface area contributed by atoms with Gasteiger partial charge in [0, 0.05) is 11.8 Å². The van der Waals surface area contributed by atoms with Crippen LogP contribution in [0.3, 0.4) is 0 Å². The standard InChI is InChI=1S/C20H22N2O6/c1-4-13(2)14-5-8-16(9-6-14)21-19(23)12-28-20(24)15-7-10-18(27-3)17(11-15)22(25)26/h5-11,13H,4,12H2,1-3H3,(H,21,23)/t13-/m0/s1. The van der Waals surface area contributed by atoms with E-state index in [0.29, 0.717) is 11.6 Å². The van der Waals surface area contributed by atoms with Crippen LogP contribution in [-0.2, 0) is 9.53 Å². The van der Waals surface area contributed by atoms with E-state index in [9.17, 15) is 19.7 Å². The summed E-state index contributed by atoms with van der Waals surface area (Å²) in [4.78, 5) is 34.4. The molecule has 0 aliphatic carbocycles. The van der Waals surface area contributed by atoms with E-state index in [1.165, 1.54) is 24.8 Å². The van der Waals surface area contributed by atoms with Crippen molar-refractivity contribution in [3.63, 3.8) is 0 Å². The molecule has 1 atom stereocenters. The van der Waals surface area contributed by atoms with E-state index in [-0.39, 0.29) is 17.0 Å². The summed E-state index contributed by atoms with van der Waals surface area (Å²) in [6.07, 6.45) is 1.02. The molecule has 0 aromatic heterocycles.